The highest BCUT2D eigenvalue weighted by atomic mass is 16.5. The first-order valence-electron chi connectivity index (χ1n) is 13.0. The zero-order valence-corrected chi connectivity index (χ0v) is 21.0. The van der Waals surface area contributed by atoms with Crippen LogP contribution in [0.4, 0.5) is 4.79 Å². The van der Waals surface area contributed by atoms with E-state index in [0.717, 1.165) is 67.3 Å². The fourth-order valence-electron chi connectivity index (χ4n) is 4.65. The van der Waals surface area contributed by atoms with Crippen molar-refractivity contribution in [2.24, 2.45) is 0 Å². The van der Waals surface area contributed by atoms with E-state index in [0.29, 0.717) is 30.2 Å². The minimum atomic E-state index is -0.322. The van der Waals surface area contributed by atoms with Gasteiger partial charge >= 0.3 is 6.09 Å². The summed E-state index contributed by atoms with van der Waals surface area (Å²) >= 11 is 0. The maximum absolute atomic E-state index is 12.9. The lowest BCUT2D eigenvalue weighted by Gasteiger charge is -2.32. The molecule has 0 unspecified atom stereocenters. The number of aromatic nitrogens is 4. The summed E-state index contributed by atoms with van der Waals surface area (Å²) < 4.78 is 5.19. The molecule has 4 aromatic rings. The number of carbonyl (C=O) groups is 2. The van der Waals surface area contributed by atoms with Crippen LogP contribution in [-0.2, 0) is 4.74 Å². The Morgan fingerprint density at radius 1 is 1.14 bits per heavy atom. The lowest BCUT2D eigenvalue weighted by molar-refractivity contribution is 0.0943. The Kier molecular flexibility index (Phi) is 7.65. The van der Waals surface area contributed by atoms with Crippen LogP contribution < -0.4 is 10.6 Å². The number of amides is 2. The second-order valence-corrected chi connectivity index (χ2v) is 9.44. The SMILES string of the molecule is CCCCOC(=O)NC1CCN(CCNC(=O)c2ccc3[nH]nc(-c4nc5ccccc5[nH]4)c3c2)CC1. The molecule has 1 aliphatic heterocycles. The van der Waals surface area contributed by atoms with Crippen LogP contribution in [0.3, 0.4) is 0 Å². The van der Waals surface area contributed by atoms with Gasteiger partial charge in [0.05, 0.1) is 23.2 Å². The summed E-state index contributed by atoms with van der Waals surface area (Å²) in [5.74, 6) is 0.544. The fourth-order valence-corrected chi connectivity index (χ4v) is 4.65. The van der Waals surface area contributed by atoms with Gasteiger partial charge in [-0.2, -0.15) is 5.10 Å². The lowest BCUT2D eigenvalue weighted by Crippen LogP contribution is -2.46. The Morgan fingerprint density at radius 2 is 1.97 bits per heavy atom. The van der Waals surface area contributed by atoms with Gasteiger partial charge in [0.25, 0.3) is 5.91 Å². The average molecular weight is 504 g/mol. The van der Waals surface area contributed by atoms with Crippen molar-refractivity contribution in [2.75, 3.05) is 32.8 Å². The zero-order valence-electron chi connectivity index (χ0n) is 21.0. The van der Waals surface area contributed by atoms with Gasteiger partial charge in [0.2, 0.25) is 0 Å². The Bertz CT molecular complexity index is 1340. The third-order valence-corrected chi connectivity index (χ3v) is 6.79. The molecule has 2 amide bonds. The quantitative estimate of drug-likeness (QED) is 0.257. The van der Waals surface area contributed by atoms with Crippen molar-refractivity contribution in [3.05, 3.63) is 48.0 Å². The number of ether oxygens (including phenoxy) is 1. The minimum Gasteiger partial charge on any atom is -0.450 e. The van der Waals surface area contributed by atoms with Crippen LogP contribution >= 0.6 is 0 Å². The molecule has 2 aromatic heterocycles. The molecule has 0 spiro atoms. The zero-order chi connectivity index (χ0) is 25.6. The van der Waals surface area contributed by atoms with Gasteiger partial charge in [-0.05, 0) is 49.6 Å². The monoisotopic (exact) mass is 503 g/mol. The number of aromatic amines is 2. The van der Waals surface area contributed by atoms with E-state index < -0.39 is 0 Å². The number of rotatable bonds is 9. The molecule has 0 saturated carbocycles. The maximum atomic E-state index is 12.9. The molecule has 5 rings (SSSR count). The number of hydrogen-bond acceptors (Lipinski definition) is 6. The van der Waals surface area contributed by atoms with Crippen molar-refractivity contribution in [3.63, 3.8) is 0 Å². The highest BCUT2D eigenvalue weighted by Gasteiger charge is 2.21. The molecule has 1 saturated heterocycles. The molecule has 10 heteroatoms. The van der Waals surface area contributed by atoms with Crippen LogP contribution in [0.1, 0.15) is 43.0 Å². The van der Waals surface area contributed by atoms with Crippen molar-refractivity contribution in [3.8, 4) is 11.5 Å². The van der Waals surface area contributed by atoms with E-state index in [-0.39, 0.29) is 18.0 Å². The predicted molar refractivity (Wildman–Crippen MR) is 142 cm³/mol. The smallest absolute Gasteiger partial charge is 0.407 e. The minimum absolute atomic E-state index is 0.120. The largest absolute Gasteiger partial charge is 0.450 e. The van der Waals surface area contributed by atoms with Gasteiger partial charge < -0.3 is 25.3 Å². The molecule has 0 radical (unpaired) electrons. The number of hydrogen-bond donors (Lipinski definition) is 4. The molecular weight excluding hydrogens is 470 g/mol. The second kappa shape index (κ2) is 11.4. The van der Waals surface area contributed by atoms with E-state index in [4.69, 9.17) is 4.74 Å². The molecule has 0 bridgehead atoms. The molecule has 1 aliphatic rings. The van der Waals surface area contributed by atoms with Gasteiger partial charge in [-0.1, -0.05) is 25.5 Å². The Labute approximate surface area is 215 Å². The van der Waals surface area contributed by atoms with E-state index in [1.54, 1.807) is 6.07 Å². The molecule has 0 atom stereocenters. The maximum Gasteiger partial charge on any atom is 0.407 e. The molecule has 2 aromatic carbocycles. The summed E-state index contributed by atoms with van der Waals surface area (Å²) in [6.45, 7) is 5.59. The number of para-hydroxylation sites is 2. The van der Waals surface area contributed by atoms with Gasteiger partial charge in [0.15, 0.2) is 5.82 Å². The predicted octanol–water partition coefficient (Wildman–Crippen LogP) is 3.83. The van der Waals surface area contributed by atoms with Crippen LogP contribution in [0, 0.1) is 0 Å². The number of benzene rings is 2. The fraction of sp³-hybridized carbons (Fsp3) is 0.407. The van der Waals surface area contributed by atoms with Crippen LogP contribution in [0.2, 0.25) is 0 Å². The topological polar surface area (TPSA) is 128 Å². The number of nitrogens with zero attached hydrogens (tertiary/aromatic N) is 3. The first-order chi connectivity index (χ1) is 18.1. The van der Waals surface area contributed by atoms with E-state index in [1.807, 2.05) is 36.4 Å². The molecule has 1 fully saturated rings. The van der Waals surface area contributed by atoms with Gasteiger partial charge in [0, 0.05) is 43.2 Å². The van der Waals surface area contributed by atoms with E-state index in [9.17, 15) is 9.59 Å². The third-order valence-electron chi connectivity index (χ3n) is 6.79. The molecule has 0 aliphatic carbocycles. The number of nitrogens with one attached hydrogen (secondary N) is 4. The Morgan fingerprint density at radius 3 is 2.78 bits per heavy atom. The lowest BCUT2D eigenvalue weighted by atomic mass is 10.1. The number of H-pyrrole nitrogens is 2. The summed E-state index contributed by atoms with van der Waals surface area (Å²) in [7, 11) is 0. The summed E-state index contributed by atoms with van der Waals surface area (Å²) in [5, 5.41) is 14.3. The normalized spacial score (nSPS) is 14.7. The highest BCUT2D eigenvalue weighted by molar-refractivity contribution is 6.01. The van der Waals surface area contributed by atoms with Crippen molar-refractivity contribution in [1.82, 2.24) is 35.7 Å². The van der Waals surface area contributed by atoms with Gasteiger partial charge in [-0.15, -0.1) is 0 Å². The molecule has 3 heterocycles. The number of carbonyl (C=O) groups excluding carboxylic acids is 2. The van der Waals surface area contributed by atoms with Crippen molar-refractivity contribution < 1.29 is 14.3 Å². The third kappa shape index (κ3) is 5.91. The van der Waals surface area contributed by atoms with E-state index >= 15 is 0 Å². The van der Waals surface area contributed by atoms with Crippen molar-refractivity contribution >= 4 is 33.9 Å². The highest BCUT2D eigenvalue weighted by Crippen LogP contribution is 2.27. The Hall–Kier alpha value is -3.92. The average Bonchev–Trinajstić information content (AvgIpc) is 3.53. The number of unbranched alkanes of at least 4 members (excludes halogenated alkanes) is 1. The second-order valence-electron chi connectivity index (χ2n) is 9.44. The molecule has 37 heavy (non-hydrogen) atoms. The number of likely N-dealkylation sites (tertiary alicyclic amines) is 1. The molecule has 194 valence electrons. The molecule has 4 N–H and O–H groups in total. The first kappa shape index (κ1) is 24.8. The van der Waals surface area contributed by atoms with Crippen LogP contribution in [0.5, 0.6) is 0 Å². The summed E-state index contributed by atoms with van der Waals surface area (Å²) in [4.78, 5) is 35.0. The van der Waals surface area contributed by atoms with Crippen LogP contribution in [0.25, 0.3) is 33.5 Å². The number of fused-ring (bicyclic) bond motifs is 2. The van der Waals surface area contributed by atoms with Gasteiger partial charge in [0.1, 0.15) is 5.69 Å². The van der Waals surface area contributed by atoms with Crippen molar-refractivity contribution in [1.29, 1.82) is 0 Å². The van der Waals surface area contributed by atoms with Crippen LogP contribution in [0.15, 0.2) is 42.5 Å². The van der Waals surface area contributed by atoms with Gasteiger partial charge in [-0.25, -0.2) is 9.78 Å². The van der Waals surface area contributed by atoms with Gasteiger partial charge in [-0.3, -0.25) is 9.89 Å². The molecular formula is C27H33N7O3. The van der Waals surface area contributed by atoms with Crippen LogP contribution in [-0.4, -0.2) is 75.9 Å². The number of piperidine rings is 1. The summed E-state index contributed by atoms with van der Waals surface area (Å²) in [5.41, 5.74) is 3.92. The Balaban J connectivity index is 1.12. The summed E-state index contributed by atoms with van der Waals surface area (Å²) in [6.07, 6.45) is 3.31. The number of alkyl carbamates (subject to hydrolysis) is 1. The summed E-state index contributed by atoms with van der Waals surface area (Å²) in [6, 6.07) is 13.5. The first-order valence-corrected chi connectivity index (χ1v) is 13.0. The van der Waals surface area contributed by atoms with E-state index in [2.05, 4.69) is 42.6 Å². The van der Waals surface area contributed by atoms with Crippen molar-refractivity contribution in [2.45, 2.75) is 38.6 Å². The standard InChI is InChI=1S/C27H33N7O3/c1-2-3-16-37-27(36)29-19-10-13-34(14-11-19)15-12-28-26(35)18-8-9-21-20(17-18)24(33-32-21)25-30-22-6-4-5-7-23(22)31-25/h4-9,17,19H,2-3,10-16H2,1H3,(H,28,35)(H,29,36)(H,30,31)(H,32,33). The number of imidazole rings is 1. The van der Waals surface area contributed by atoms with E-state index in [1.165, 1.54) is 0 Å². The molecule has 10 nitrogen and oxygen atoms in total.